The van der Waals surface area contributed by atoms with Gasteiger partial charge in [0.15, 0.2) is 0 Å². The Kier molecular flexibility index (Phi) is 4.39. The molecule has 0 spiro atoms. The van der Waals surface area contributed by atoms with E-state index in [2.05, 4.69) is 33.5 Å². The first-order chi connectivity index (χ1) is 11.2. The zero-order chi connectivity index (χ0) is 16.2. The summed E-state index contributed by atoms with van der Waals surface area (Å²) in [5.41, 5.74) is 4.12. The van der Waals surface area contributed by atoms with Gasteiger partial charge in [-0.15, -0.1) is 0 Å². The van der Waals surface area contributed by atoms with Gasteiger partial charge >= 0.3 is 5.97 Å². The van der Waals surface area contributed by atoms with Crippen LogP contribution in [0.2, 0.25) is 0 Å². The summed E-state index contributed by atoms with van der Waals surface area (Å²) in [6, 6.07) is 11.7. The number of nitrogens with zero attached hydrogens (tertiary/aromatic N) is 1. The fourth-order valence-corrected chi connectivity index (χ4v) is 2.74. The number of hydrogen-bond acceptors (Lipinski definition) is 3. The van der Waals surface area contributed by atoms with Gasteiger partial charge in [-0.2, -0.15) is 0 Å². The molecule has 2 heterocycles. The van der Waals surface area contributed by atoms with Crippen molar-refractivity contribution in [2.45, 2.75) is 26.4 Å². The maximum absolute atomic E-state index is 11.1. The molecule has 3 rings (SSSR count). The number of nitrogens with one attached hydrogen (secondary N) is 2. The first-order valence-electron chi connectivity index (χ1n) is 7.67. The number of aromatic nitrogens is 2. The van der Waals surface area contributed by atoms with Gasteiger partial charge in [-0.3, -0.25) is 4.98 Å². The standard InChI is InChI=1S/C18H19N3O2/c1-2-16-15(18(22)23)7-6-13(21-16)11-19-10-12-4-3-5-17-14(12)8-9-20-17/h3-9,19-20H,2,10-11H2,1H3,(H,22,23). The number of H-pyrrole nitrogens is 1. The number of pyridine rings is 1. The van der Waals surface area contributed by atoms with E-state index < -0.39 is 5.97 Å². The van der Waals surface area contributed by atoms with E-state index in [-0.39, 0.29) is 5.56 Å². The van der Waals surface area contributed by atoms with Crippen molar-refractivity contribution in [2.24, 2.45) is 0 Å². The van der Waals surface area contributed by atoms with Crippen LogP contribution in [0.3, 0.4) is 0 Å². The van der Waals surface area contributed by atoms with Crippen molar-refractivity contribution in [2.75, 3.05) is 0 Å². The third-order valence-corrected chi connectivity index (χ3v) is 3.90. The highest BCUT2D eigenvalue weighted by Gasteiger charge is 2.10. The van der Waals surface area contributed by atoms with E-state index in [9.17, 15) is 4.79 Å². The Morgan fingerprint density at radius 1 is 1.22 bits per heavy atom. The minimum Gasteiger partial charge on any atom is -0.478 e. The Morgan fingerprint density at radius 3 is 2.87 bits per heavy atom. The quantitative estimate of drug-likeness (QED) is 0.654. The number of rotatable bonds is 6. The molecular formula is C18H19N3O2. The van der Waals surface area contributed by atoms with E-state index in [0.717, 1.165) is 17.8 Å². The molecule has 118 valence electrons. The maximum Gasteiger partial charge on any atom is 0.337 e. The molecule has 0 aliphatic carbocycles. The molecule has 0 unspecified atom stereocenters. The molecule has 0 fully saturated rings. The topological polar surface area (TPSA) is 78.0 Å². The molecule has 0 aliphatic rings. The van der Waals surface area contributed by atoms with Crippen molar-refractivity contribution in [3.63, 3.8) is 0 Å². The van der Waals surface area contributed by atoms with Gasteiger partial charge < -0.3 is 15.4 Å². The van der Waals surface area contributed by atoms with Gasteiger partial charge in [0, 0.05) is 30.2 Å². The number of carboxylic acid groups (broad SMARTS) is 1. The lowest BCUT2D eigenvalue weighted by Crippen LogP contribution is -2.15. The number of fused-ring (bicyclic) bond motifs is 1. The molecule has 0 saturated heterocycles. The molecule has 23 heavy (non-hydrogen) atoms. The van der Waals surface area contributed by atoms with Gasteiger partial charge in [0.2, 0.25) is 0 Å². The highest BCUT2D eigenvalue weighted by molar-refractivity contribution is 5.88. The fourth-order valence-electron chi connectivity index (χ4n) is 2.74. The predicted molar refractivity (Wildman–Crippen MR) is 89.4 cm³/mol. The highest BCUT2D eigenvalue weighted by atomic mass is 16.4. The molecule has 5 nitrogen and oxygen atoms in total. The molecule has 0 radical (unpaired) electrons. The first kappa shape index (κ1) is 15.2. The van der Waals surface area contributed by atoms with E-state index in [0.29, 0.717) is 18.7 Å². The molecule has 5 heteroatoms. The van der Waals surface area contributed by atoms with Crippen LogP contribution in [-0.4, -0.2) is 21.0 Å². The van der Waals surface area contributed by atoms with E-state index in [1.54, 1.807) is 12.1 Å². The van der Waals surface area contributed by atoms with Crippen LogP contribution in [0.1, 0.15) is 34.2 Å². The Balaban J connectivity index is 1.69. The minimum atomic E-state index is -0.923. The Hall–Kier alpha value is -2.66. The van der Waals surface area contributed by atoms with Gasteiger partial charge in [0.05, 0.1) is 17.0 Å². The van der Waals surface area contributed by atoms with Crippen molar-refractivity contribution >= 4 is 16.9 Å². The number of aromatic amines is 1. The molecule has 0 aliphatic heterocycles. The number of aromatic carboxylic acids is 1. The average molecular weight is 309 g/mol. The van der Waals surface area contributed by atoms with Crippen LogP contribution in [-0.2, 0) is 19.5 Å². The van der Waals surface area contributed by atoms with Gasteiger partial charge in [0.25, 0.3) is 0 Å². The molecule has 0 saturated carbocycles. The summed E-state index contributed by atoms with van der Waals surface area (Å²) in [4.78, 5) is 18.8. The van der Waals surface area contributed by atoms with E-state index in [1.165, 1.54) is 10.9 Å². The summed E-state index contributed by atoms with van der Waals surface area (Å²) in [7, 11) is 0. The summed E-state index contributed by atoms with van der Waals surface area (Å²) in [5.74, 6) is -0.923. The Labute approximate surface area is 134 Å². The summed E-state index contributed by atoms with van der Waals surface area (Å²) in [6.07, 6.45) is 2.55. The van der Waals surface area contributed by atoms with Crippen LogP contribution < -0.4 is 5.32 Å². The van der Waals surface area contributed by atoms with Gasteiger partial charge in [-0.05, 0) is 36.2 Å². The van der Waals surface area contributed by atoms with E-state index in [1.807, 2.05) is 19.2 Å². The zero-order valence-electron chi connectivity index (χ0n) is 13.0. The zero-order valence-corrected chi connectivity index (χ0v) is 13.0. The van der Waals surface area contributed by atoms with Crippen LogP contribution in [0.25, 0.3) is 10.9 Å². The van der Waals surface area contributed by atoms with Crippen LogP contribution in [0.4, 0.5) is 0 Å². The Morgan fingerprint density at radius 2 is 2.09 bits per heavy atom. The number of hydrogen-bond donors (Lipinski definition) is 3. The lowest BCUT2D eigenvalue weighted by molar-refractivity contribution is 0.0695. The summed E-state index contributed by atoms with van der Waals surface area (Å²) >= 11 is 0. The third-order valence-electron chi connectivity index (χ3n) is 3.90. The highest BCUT2D eigenvalue weighted by Crippen LogP contribution is 2.17. The van der Waals surface area contributed by atoms with Crippen molar-refractivity contribution in [1.29, 1.82) is 0 Å². The third kappa shape index (κ3) is 3.24. The monoisotopic (exact) mass is 309 g/mol. The SMILES string of the molecule is CCc1nc(CNCc2cccc3[nH]ccc23)ccc1C(=O)O. The van der Waals surface area contributed by atoms with Gasteiger partial charge in [-0.25, -0.2) is 4.79 Å². The van der Waals surface area contributed by atoms with Crippen LogP contribution in [0, 0.1) is 0 Å². The smallest absolute Gasteiger partial charge is 0.337 e. The van der Waals surface area contributed by atoms with Crippen LogP contribution in [0.5, 0.6) is 0 Å². The van der Waals surface area contributed by atoms with Crippen molar-refractivity contribution < 1.29 is 9.90 Å². The van der Waals surface area contributed by atoms with Gasteiger partial charge in [-0.1, -0.05) is 19.1 Å². The van der Waals surface area contributed by atoms with Crippen molar-refractivity contribution in [1.82, 2.24) is 15.3 Å². The maximum atomic E-state index is 11.1. The summed E-state index contributed by atoms with van der Waals surface area (Å²) in [6.45, 7) is 3.26. The Bertz CT molecular complexity index is 839. The largest absolute Gasteiger partial charge is 0.478 e. The lowest BCUT2D eigenvalue weighted by Gasteiger charge is -2.09. The minimum absolute atomic E-state index is 0.286. The number of carbonyl (C=O) groups is 1. The second-order valence-corrected chi connectivity index (χ2v) is 5.42. The second-order valence-electron chi connectivity index (χ2n) is 5.42. The fraction of sp³-hybridized carbons (Fsp3) is 0.222. The molecule has 3 aromatic rings. The van der Waals surface area contributed by atoms with Crippen LogP contribution in [0.15, 0.2) is 42.6 Å². The molecule has 1 aromatic carbocycles. The van der Waals surface area contributed by atoms with E-state index >= 15 is 0 Å². The number of aryl methyl sites for hydroxylation is 1. The molecule has 3 N–H and O–H groups in total. The normalized spacial score (nSPS) is 11.0. The number of benzene rings is 1. The second kappa shape index (κ2) is 6.62. The molecular weight excluding hydrogens is 290 g/mol. The first-order valence-corrected chi connectivity index (χ1v) is 7.67. The predicted octanol–water partition coefficient (Wildman–Crippen LogP) is 3.11. The van der Waals surface area contributed by atoms with Crippen molar-refractivity contribution in [3.8, 4) is 0 Å². The molecule has 0 atom stereocenters. The number of carboxylic acids is 1. The van der Waals surface area contributed by atoms with Crippen LogP contribution >= 0.6 is 0 Å². The molecule has 2 aromatic heterocycles. The average Bonchev–Trinajstić information content (AvgIpc) is 3.04. The molecule has 0 bridgehead atoms. The lowest BCUT2D eigenvalue weighted by atomic mass is 10.1. The summed E-state index contributed by atoms with van der Waals surface area (Å²) < 4.78 is 0. The van der Waals surface area contributed by atoms with Crippen molar-refractivity contribution in [3.05, 3.63) is 65.1 Å². The van der Waals surface area contributed by atoms with E-state index in [4.69, 9.17) is 5.11 Å². The summed E-state index contributed by atoms with van der Waals surface area (Å²) in [5, 5.41) is 13.7. The van der Waals surface area contributed by atoms with Gasteiger partial charge in [0.1, 0.15) is 0 Å². The molecule has 0 amide bonds.